The van der Waals surface area contributed by atoms with Crippen molar-refractivity contribution in [1.82, 2.24) is 25.3 Å². The predicted molar refractivity (Wildman–Crippen MR) is 87.7 cm³/mol. The van der Waals surface area contributed by atoms with Gasteiger partial charge >= 0.3 is 0 Å². The second kappa shape index (κ2) is 6.09. The lowest BCUT2D eigenvalue weighted by Gasteiger charge is -2.31. The third kappa shape index (κ3) is 2.73. The molecule has 2 aliphatic rings. The number of hydrogen-bond acceptors (Lipinski definition) is 9. The van der Waals surface area contributed by atoms with Crippen LogP contribution in [0.1, 0.15) is 0 Å². The van der Waals surface area contributed by atoms with E-state index in [1.165, 1.54) is 6.33 Å². The fourth-order valence-electron chi connectivity index (χ4n) is 2.94. The highest BCUT2D eigenvalue weighted by Crippen LogP contribution is 2.27. The number of piperazine rings is 1. The van der Waals surface area contributed by atoms with Crippen LogP contribution in [0.2, 0.25) is 0 Å². The molecule has 2 aromatic heterocycles. The summed E-state index contributed by atoms with van der Waals surface area (Å²) in [6.07, 6.45) is 1.47. The summed E-state index contributed by atoms with van der Waals surface area (Å²) in [6, 6.07) is 0. The number of nitrogens with one attached hydrogen (secondary N) is 1. The van der Waals surface area contributed by atoms with E-state index in [1.807, 2.05) is 0 Å². The summed E-state index contributed by atoms with van der Waals surface area (Å²) in [5.74, 6) is 1.91. The van der Waals surface area contributed by atoms with Crippen molar-refractivity contribution in [2.45, 2.75) is 0 Å². The molecule has 122 valence electrons. The molecule has 2 saturated heterocycles. The summed E-state index contributed by atoms with van der Waals surface area (Å²) in [6.45, 7) is 6.56. The molecule has 3 N–H and O–H groups in total. The van der Waals surface area contributed by atoms with E-state index >= 15 is 0 Å². The van der Waals surface area contributed by atoms with E-state index in [-0.39, 0.29) is 0 Å². The molecular weight excluding hydrogens is 296 g/mol. The molecule has 0 aromatic carbocycles. The van der Waals surface area contributed by atoms with Crippen molar-refractivity contribution in [1.29, 1.82) is 0 Å². The van der Waals surface area contributed by atoms with E-state index in [0.717, 1.165) is 45.1 Å². The number of nitrogens with zero attached hydrogens (tertiary/aromatic N) is 6. The Morgan fingerprint density at radius 1 is 0.957 bits per heavy atom. The number of nitrogens with two attached hydrogens (primary N) is 1. The summed E-state index contributed by atoms with van der Waals surface area (Å²) >= 11 is 0. The third-order valence-corrected chi connectivity index (χ3v) is 4.19. The summed E-state index contributed by atoms with van der Waals surface area (Å²) in [5, 5.41) is 3.34. The fraction of sp³-hybridized carbons (Fsp3) is 0.571. The Morgan fingerprint density at radius 3 is 2.52 bits per heavy atom. The van der Waals surface area contributed by atoms with E-state index in [0.29, 0.717) is 36.0 Å². The molecular formula is C14H20N8O. The van der Waals surface area contributed by atoms with Gasteiger partial charge in [-0.25, -0.2) is 15.0 Å². The van der Waals surface area contributed by atoms with Crippen molar-refractivity contribution in [3.05, 3.63) is 6.33 Å². The van der Waals surface area contributed by atoms with Gasteiger partial charge in [-0.3, -0.25) is 0 Å². The number of fused-ring (bicyclic) bond motifs is 1. The molecule has 0 bridgehead atoms. The first-order valence-corrected chi connectivity index (χ1v) is 7.89. The molecule has 0 spiro atoms. The first-order chi connectivity index (χ1) is 11.3. The second-order valence-electron chi connectivity index (χ2n) is 5.64. The molecule has 2 aliphatic heterocycles. The van der Waals surface area contributed by atoms with E-state index in [4.69, 9.17) is 15.5 Å². The predicted octanol–water partition coefficient (Wildman–Crippen LogP) is -0.752. The van der Waals surface area contributed by atoms with Gasteiger partial charge in [-0.2, -0.15) is 4.98 Å². The molecule has 0 atom stereocenters. The maximum Gasteiger partial charge on any atom is 0.228 e. The van der Waals surface area contributed by atoms with Crippen LogP contribution in [0.4, 0.5) is 17.6 Å². The van der Waals surface area contributed by atoms with Gasteiger partial charge in [0.2, 0.25) is 5.95 Å². The van der Waals surface area contributed by atoms with Crippen LogP contribution in [0.5, 0.6) is 0 Å². The van der Waals surface area contributed by atoms with Gasteiger partial charge in [0.15, 0.2) is 11.6 Å². The molecule has 23 heavy (non-hydrogen) atoms. The van der Waals surface area contributed by atoms with Gasteiger partial charge in [0.25, 0.3) is 0 Å². The van der Waals surface area contributed by atoms with E-state index in [1.54, 1.807) is 0 Å². The van der Waals surface area contributed by atoms with Gasteiger partial charge in [-0.1, -0.05) is 0 Å². The fourth-order valence-corrected chi connectivity index (χ4v) is 2.94. The number of ether oxygens (including phenoxy) is 1. The van der Waals surface area contributed by atoms with Crippen LogP contribution >= 0.6 is 0 Å². The smallest absolute Gasteiger partial charge is 0.228 e. The Bertz CT molecular complexity index is 696. The van der Waals surface area contributed by atoms with Crippen LogP contribution in [0.3, 0.4) is 0 Å². The molecule has 9 heteroatoms. The molecule has 2 fully saturated rings. The number of morpholine rings is 1. The van der Waals surface area contributed by atoms with Crippen LogP contribution < -0.4 is 20.9 Å². The van der Waals surface area contributed by atoms with Crippen molar-refractivity contribution in [3.8, 4) is 0 Å². The quantitative estimate of drug-likeness (QED) is 0.740. The summed E-state index contributed by atoms with van der Waals surface area (Å²) in [7, 11) is 0. The van der Waals surface area contributed by atoms with E-state index in [9.17, 15) is 0 Å². The summed E-state index contributed by atoms with van der Waals surface area (Å²) < 4.78 is 5.44. The Hall–Kier alpha value is -2.26. The van der Waals surface area contributed by atoms with Crippen LogP contribution in [0.25, 0.3) is 11.0 Å². The number of anilines is 3. The molecule has 0 amide bonds. The lowest BCUT2D eigenvalue weighted by Crippen LogP contribution is -2.44. The average Bonchev–Trinajstić information content (AvgIpc) is 2.63. The third-order valence-electron chi connectivity index (χ3n) is 4.19. The van der Waals surface area contributed by atoms with E-state index < -0.39 is 0 Å². The van der Waals surface area contributed by atoms with Crippen molar-refractivity contribution < 1.29 is 4.74 Å². The largest absolute Gasteiger partial charge is 0.382 e. The minimum absolute atomic E-state index is 0.392. The average molecular weight is 316 g/mol. The molecule has 9 nitrogen and oxygen atoms in total. The van der Waals surface area contributed by atoms with Crippen molar-refractivity contribution >= 4 is 28.6 Å². The molecule has 4 rings (SSSR count). The number of aromatic nitrogens is 4. The Kier molecular flexibility index (Phi) is 3.80. The normalized spacial score (nSPS) is 19.3. The van der Waals surface area contributed by atoms with Gasteiger partial charge in [-0.05, 0) is 0 Å². The number of rotatable bonds is 2. The van der Waals surface area contributed by atoms with E-state index in [2.05, 4.69) is 30.1 Å². The minimum Gasteiger partial charge on any atom is -0.382 e. The molecule has 0 aliphatic carbocycles. The maximum atomic E-state index is 6.04. The van der Waals surface area contributed by atoms with Gasteiger partial charge in [0.1, 0.15) is 17.4 Å². The lowest BCUT2D eigenvalue weighted by molar-refractivity contribution is 0.122. The van der Waals surface area contributed by atoms with Gasteiger partial charge < -0.3 is 25.6 Å². The van der Waals surface area contributed by atoms with Crippen molar-refractivity contribution in [3.63, 3.8) is 0 Å². The molecule has 0 unspecified atom stereocenters. The molecule has 4 heterocycles. The van der Waals surface area contributed by atoms with Gasteiger partial charge in [-0.15, -0.1) is 0 Å². The zero-order chi connectivity index (χ0) is 15.6. The maximum absolute atomic E-state index is 6.04. The van der Waals surface area contributed by atoms with Crippen molar-refractivity contribution in [2.24, 2.45) is 0 Å². The Labute approximate surface area is 133 Å². The zero-order valence-corrected chi connectivity index (χ0v) is 12.9. The van der Waals surface area contributed by atoms with Crippen LogP contribution in [-0.4, -0.2) is 72.4 Å². The first kappa shape index (κ1) is 14.3. The highest BCUT2D eigenvalue weighted by Gasteiger charge is 2.22. The highest BCUT2D eigenvalue weighted by molar-refractivity contribution is 5.92. The first-order valence-electron chi connectivity index (χ1n) is 7.89. The zero-order valence-electron chi connectivity index (χ0n) is 12.9. The van der Waals surface area contributed by atoms with Crippen LogP contribution in [0, 0.1) is 0 Å². The number of hydrogen-bond donors (Lipinski definition) is 2. The minimum atomic E-state index is 0.392. The highest BCUT2D eigenvalue weighted by atomic mass is 16.5. The molecule has 2 aromatic rings. The standard InChI is InChI=1S/C14H20N8O/c15-12-10-11(17-9-18-12)13(21-5-7-23-8-6-21)20-14(19-10)22-3-1-16-2-4-22/h9,16H,1-8H2,(H2,15,17,18). The monoisotopic (exact) mass is 316 g/mol. The van der Waals surface area contributed by atoms with Gasteiger partial charge in [0, 0.05) is 39.3 Å². The van der Waals surface area contributed by atoms with Crippen LogP contribution in [0.15, 0.2) is 6.33 Å². The number of nitrogen functional groups attached to an aromatic ring is 1. The summed E-state index contributed by atoms with van der Waals surface area (Å²) in [4.78, 5) is 22.2. The summed E-state index contributed by atoms with van der Waals surface area (Å²) in [5.41, 5.74) is 7.37. The van der Waals surface area contributed by atoms with Crippen molar-refractivity contribution in [2.75, 3.05) is 68.0 Å². The second-order valence-corrected chi connectivity index (χ2v) is 5.64. The topological polar surface area (TPSA) is 105 Å². The lowest BCUT2D eigenvalue weighted by atomic mass is 10.3. The molecule has 0 saturated carbocycles. The SMILES string of the molecule is Nc1ncnc2c(N3CCOCC3)nc(N3CCNCC3)nc12. The Balaban J connectivity index is 1.82. The Morgan fingerprint density at radius 2 is 1.74 bits per heavy atom. The van der Waals surface area contributed by atoms with Gasteiger partial charge in [0.05, 0.1) is 13.2 Å². The molecule has 0 radical (unpaired) electrons. The van der Waals surface area contributed by atoms with Crippen LogP contribution in [-0.2, 0) is 4.74 Å².